The lowest BCUT2D eigenvalue weighted by molar-refractivity contribution is -0.146. The average Bonchev–Trinajstić information content (AvgIpc) is 3.19. The van der Waals surface area contributed by atoms with Gasteiger partial charge in [0, 0.05) is 11.3 Å². The summed E-state index contributed by atoms with van der Waals surface area (Å²) >= 11 is 0. The van der Waals surface area contributed by atoms with Gasteiger partial charge in [-0.1, -0.05) is 32.0 Å². The highest BCUT2D eigenvalue weighted by atomic mass is 16.7. The van der Waals surface area contributed by atoms with Crippen LogP contribution in [0.5, 0.6) is 11.5 Å². The lowest BCUT2D eigenvalue weighted by Crippen LogP contribution is -2.32. The van der Waals surface area contributed by atoms with Crippen molar-refractivity contribution >= 4 is 23.5 Å². The SMILES string of the molecule is Cc1cccc(C(C)C)c1NC(=O)COC(=O)CNC(=O)c1ccc2c(c1)OCO2. The Bertz CT molecular complexity index is 970. The first kappa shape index (κ1) is 21.2. The zero-order chi connectivity index (χ0) is 21.7. The number of aryl methyl sites for hydroxylation is 1. The van der Waals surface area contributed by atoms with E-state index in [0.717, 1.165) is 16.8 Å². The molecule has 2 amide bonds. The summed E-state index contributed by atoms with van der Waals surface area (Å²) in [5, 5.41) is 5.26. The Hall–Kier alpha value is -3.55. The van der Waals surface area contributed by atoms with Gasteiger partial charge in [0.15, 0.2) is 18.1 Å². The van der Waals surface area contributed by atoms with Gasteiger partial charge < -0.3 is 24.8 Å². The van der Waals surface area contributed by atoms with E-state index in [0.29, 0.717) is 17.1 Å². The van der Waals surface area contributed by atoms with E-state index in [1.165, 1.54) is 6.07 Å². The van der Waals surface area contributed by atoms with Gasteiger partial charge in [0.05, 0.1) is 0 Å². The fraction of sp³-hybridized carbons (Fsp3) is 0.318. The van der Waals surface area contributed by atoms with Gasteiger partial charge in [-0.3, -0.25) is 14.4 Å². The average molecular weight is 412 g/mol. The molecule has 2 aromatic rings. The smallest absolute Gasteiger partial charge is 0.325 e. The van der Waals surface area contributed by atoms with Crippen molar-refractivity contribution in [3.05, 3.63) is 53.1 Å². The minimum atomic E-state index is -0.715. The summed E-state index contributed by atoms with van der Waals surface area (Å²) in [5.41, 5.74) is 2.98. The molecule has 30 heavy (non-hydrogen) atoms. The number of carbonyl (C=O) groups excluding carboxylic acids is 3. The Labute approximate surface area is 174 Å². The molecule has 2 N–H and O–H groups in total. The van der Waals surface area contributed by atoms with Gasteiger partial charge in [-0.05, 0) is 42.2 Å². The highest BCUT2D eigenvalue weighted by Crippen LogP contribution is 2.32. The second kappa shape index (κ2) is 9.30. The Balaban J connectivity index is 1.47. The van der Waals surface area contributed by atoms with Crippen molar-refractivity contribution in [2.24, 2.45) is 0 Å². The van der Waals surface area contributed by atoms with Crippen LogP contribution in [0.4, 0.5) is 5.69 Å². The Morgan fingerprint density at radius 1 is 1.10 bits per heavy atom. The van der Waals surface area contributed by atoms with Crippen LogP contribution in [-0.2, 0) is 14.3 Å². The molecular weight excluding hydrogens is 388 g/mol. The van der Waals surface area contributed by atoms with Gasteiger partial charge in [0.2, 0.25) is 6.79 Å². The number of amides is 2. The molecule has 8 heteroatoms. The number of carbonyl (C=O) groups is 3. The standard InChI is InChI=1S/C22H24N2O6/c1-13(2)16-6-4-5-14(3)21(16)24-19(25)11-28-20(26)10-23-22(27)15-7-8-17-18(9-15)30-12-29-17/h4-9,13H,10-12H2,1-3H3,(H,23,27)(H,24,25). The van der Waals surface area contributed by atoms with Crippen LogP contribution in [0.15, 0.2) is 36.4 Å². The molecule has 2 aromatic carbocycles. The highest BCUT2D eigenvalue weighted by molar-refractivity contribution is 5.97. The first-order chi connectivity index (χ1) is 14.3. The largest absolute Gasteiger partial charge is 0.454 e. The van der Waals surface area contributed by atoms with E-state index in [-0.39, 0.29) is 19.3 Å². The second-order valence-corrected chi connectivity index (χ2v) is 7.15. The summed E-state index contributed by atoms with van der Waals surface area (Å²) in [6.45, 7) is 5.28. The number of esters is 1. The minimum absolute atomic E-state index is 0.107. The fourth-order valence-corrected chi connectivity index (χ4v) is 3.01. The topological polar surface area (TPSA) is 103 Å². The van der Waals surface area contributed by atoms with Crippen LogP contribution in [0.3, 0.4) is 0 Å². The number of nitrogens with one attached hydrogen (secondary N) is 2. The predicted molar refractivity (Wildman–Crippen MR) is 110 cm³/mol. The summed E-state index contributed by atoms with van der Waals surface area (Å²) in [6, 6.07) is 10.5. The van der Waals surface area contributed by atoms with Gasteiger partial charge in [-0.25, -0.2) is 0 Å². The van der Waals surface area contributed by atoms with E-state index >= 15 is 0 Å². The molecule has 0 atom stereocenters. The normalized spacial score (nSPS) is 11.9. The summed E-state index contributed by atoms with van der Waals surface area (Å²) in [4.78, 5) is 36.3. The molecule has 0 aliphatic carbocycles. The van der Waals surface area contributed by atoms with Crippen LogP contribution in [-0.4, -0.2) is 37.7 Å². The van der Waals surface area contributed by atoms with E-state index in [9.17, 15) is 14.4 Å². The summed E-state index contributed by atoms with van der Waals surface area (Å²) in [6.07, 6.45) is 0. The number of para-hydroxylation sites is 1. The number of benzene rings is 2. The molecule has 0 fully saturated rings. The summed E-state index contributed by atoms with van der Waals surface area (Å²) in [5.74, 6) is -0.356. The molecule has 1 aliphatic heterocycles. The van der Waals surface area contributed by atoms with Gasteiger partial charge in [-0.2, -0.15) is 0 Å². The molecule has 1 heterocycles. The van der Waals surface area contributed by atoms with Crippen LogP contribution in [0.2, 0.25) is 0 Å². The summed E-state index contributed by atoms with van der Waals surface area (Å²) < 4.78 is 15.4. The van der Waals surface area contributed by atoms with Crippen molar-refractivity contribution in [2.75, 3.05) is 25.3 Å². The van der Waals surface area contributed by atoms with Gasteiger partial charge >= 0.3 is 5.97 Å². The van der Waals surface area contributed by atoms with Crippen molar-refractivity contribution in [2.45, 2.75) is 26.7 Å². The molecule has 8 nitrogen and oxygen atoms in total. The van der Waals surface area contributed by atoms with Crippen LogP contribution < -0.4 is 20.1 Å². The Morgan fingerprint density at radius 2 is 1.87 bits per heavy atom. The third-order valence-electron chi connectivity index (χ3n) is 4.58. The predicted octanol–water partition coefficient (Wildman–Crippen LogP) is 2.76. The van der Waals surface area contributed by atoms with E-state index < -0.39 is 24.4 Å². The molecule has 1 aliphatic rings. The van der Waals surface area contributed by atoms with Crippen molar-refractivity contribution in [3.8, 4) is 11.5 Å². The van der Waals surface area contributed by atoms with Gasteiger partial charge in [0.1, 0.15) is 6.54 Å². The number of fused-ring (bicyclic) bond motifs is 1. The first-order valence-electron chi connectivity index (χ1n) is 9.58. The third-order valence-corrected chi connectivity index (χ3v) is 4.58. The van der Waals surface area contributed by atoms with Gasteiger partial charge in [-0.15, -0.1) is 0 Å². The minimum Gasteiger partial charge on any atom is -0.454 e. The molecule has 0 bridgehead atoms. The van der Waals surface area contributed by atoms with Crippen molar-refractivity contribution in [1.29, 1.82) is 0 Å². The first-order valence-corrected chi connectivity index (χ1v) is 9.58. The molecule has 158 valence electrons. The third kappa shape index (κ3) is 5.08. The lowest BCUT2D eigenvalue weighted by Gasteiger charge is -2.16. The molecule has 0 saturated carbocycles. The molecule has 0 unspecified atom stereocenters. The molecule has 0 radical (unpaired) electrons. The van der Waals surface area contributed by atoms with E-state index in [1.807, 2.05) is 39.0 Å². The monoisotopic (exact) mass is 412 g/mol. The number of anilines is 1. The number of rotatable bonds is 7. The Kier molecular flexibility index (Phi) is 6.56. The molecule has 0 aromatic heterocycles. The van der Waals surface area contributed by atoms with Gasteiger partial charge in [0.25, 0.3) is 11.8 Å². The maximum atomic E-state index is 12.2. The molecule has 0 spiro atoms. The van der Waals surface area contributed by atoms with Crippen LogP contribution in [0.1, 0.15) is 41.3 Å². The van der Waals surface area contributed by atoms with Crippen molar-refractivity contribution in [1.82, 2.24) is 5.32 Å². The van der Waals surface area contributed by atoms with Crippen LogP contribution >= 0.6 is 0 Å². The number of hydrogen-bond acceptors (Lipinski definition) is 6. The maximum Gasteiger partial charge on any atom is 0.325 e. The zero-order valence-corrected chi connectivity index (χ0v) is 17.1. The van der Waals surface area contributed by atoms with E-state index in [2.05, 4.69) is 10.6 Å². The fourth-order valence-electron chi connectivity index (χ4n) is 3.01. The van der Waals surface area contributed by atoms with Crippen LogP contribution in [0.25, 0.3) is 0 Å². The number of ether oxygens (including phenoxy) is 3. The zero-order valence-electron chi connectivity index (χ0n) is 17.1. The van der Waals surface area contributed by atoms with Crippen LogP contribution in [0, 0.1) is 6.92 Å². The number of hydrogen-bond donors (Lipinski definition) is 2. The Morgan fingerprint density at radius 3 is 2.63 bits per heavy atom. The maximum absolute atomic E-state index is 12.2. The summed E-state index contributed by atoms with van der Waals surface area (Å²) in [7, 11) is 0. The molecule has 3 rings (SSSR count). The quantitative estimate of drug-likeness (QED) is 0.678. The van der Waals surface area contributed by atoms with Crippen molar-refractivity contribution in [3.63, 3.8) is 0 Å². The lowest BCUT2D eigenvalue weighted by atomic mass is 9.98. The molecular formula is C22H24N2O6. The van der Waals surface area contributed by atoms with E-state index in [4.69, 9.17) is 14.2 Å². The van der Waals surface area contributed by atoms with E-state index in [1.54, 1.807) is 12.1 Å². The van der Waals surface area contributed by atoms with Crippen molar-refractivity contribution < 1.29 is 28.6 Å². The highest BCUT2D eigenvalue weighted by Gasteiger charge is 2.17. The second-order valence-electron chi connectivity index (χ2n) is 7.15. The molecule has 0 saturated heterocycles.